The van der Waals surface area contributed by atoms with E-state index in [1.807, 2.05) is 25.1 Å². The second-order valence-electron chi connectivity index (χ2n) is 4.58. The quantitative estimate of drug-likeness (QED) is 0.902. The summed E-state index contributed by atoms with van der Waals surface area (Å²) in [6.45, 7) is 1.89. The molecule has 0 fully saturated rings. The van der Waals surface area contributed by atoms with E-state index in [1.165, 1.54) is 0 Å². The van der Waals surface area contributed by atoms with Crippen LogP contribution in [0.3, 0.4) is 0 Å². The van der Waals surface area contributed by atoms with Crippen molar-refractivity contribution in [3.63, 3.8) is 0 Å². The summed E-state index contributed by atoms with van der Waals surface area (Å²) in [6.07, 6.45) is 0. The molecule has 0 aliphatic carbocycles. The lowest BCUT2D eigenvalue weighted by Gasteiger charge is -2.15. The lowest BCUT2D eigenvalue weighted by Crippen LogP contribution is -2.06. The number of rotatable bonds is 4. The lowest BCUT2D eigenvalue weighted by molar-refractivity contribution is 0.408. The predicted octanol–water partition coefficient (Wildman–Crippen LogP) is 4.14. The maximum atomic E-state index is 9.05. The van der Waals surface area contributed by atoms with Crippen LogP contribution < -0.4 is 15.2 Å². The first-order valence-corrected chi connectivity index (χ1v) is 7.15. The second kappa shape index (κ2) is 6.61. The molecule has 0 bridgehead atoms. The highest BCUT2D eigenvalue weighted by Gasteiger charge is 2.11. The van der Waals surface area contributed by atoms with Crippen LogP contribution in [0.5, 0.6) is 17.2 Å². The zero-order valence-electron chi connectivity index (χ0n) is 11.8. The van der Waals surface area contributed by atoms with Crippen LogP contribution in [0.25, 0.3) is 0 Å². The number of ether oxygens (including phenoxy) is 2. The van der Waals surface area contributed by atoms with Crippen LogP contribution in [0, 0.1) is 11.3 Å². The van der Waals surface area contributed by atoms with Gasteiger partial charge in [0, 0.05) is 22.1 Å². The number of nitriles is 1. The van der Waals surface area contributed by atoms with E-state index < -0.39 is 0 Å². The van der Waals surface area contributed by atoms with Crippen molar-refractivity contribution in [2.24, 2.45) is 5.73 Å². The highest BCUT2D eigenvalue weighted by atomic mass is 79.9. The summed E-state index contributed by atoms with van der Waals surface area (Å²) in [6, 6.07) is 12.6. The summed E-state index contributed by atoms with van der Waals surface area (Å²) < 4.78 is 12.0. The lowest BCUT2D eigenvalue weighted by atomic mass is 10.1. The molecule has 2 aromatic carbocycles. The fourth-order valence-electron chi connectivity index (χ4n) is 1.91. The first-order chi connectivity index (χ1) is 10.0. The molecule has 0 saturated heterocycles. The number of hydrogen-bond donors (Lipinski definition) is 1. The van der Waals surface area contributed by atoms with E-state index in [-0.39, 0.29) is 6.04 Å². The molecule has 2 aromatic rings. The molecule has 1 atom stereocenters. The summed E-state index contributed by atoms with van der Waals surface area (Å²) in [5.74, 6) is 1.75. The Balaban J connectivity index is 2.42. The largest absolute Gasteiger partial charge is 0.497 e. The predicted molar refractivity (Wildman–Crippen MR) is 84.5 cm³/mol. The zero-order valence-corrected chi connectivity index (χ0v) is 13.3. The maximum absolute atomic E-state index is 9.05. The molecule has 0 aromatic heterocycles. The van der Waals surface area contributed by atoms with Crippen LogP contribution >= 0.6 is 15.9 Å². The van der Waals surface area contributed by atoms with Crippen molar-refractivity contribution in [2.45, 2.75) is 13.0 Å². The number of nitrogens with two attached hydrogens (primary N) is 1. The van der Waals surface area contributed by atoms with Crippen LogP contribution in [0.4, 0.5) is 0 Å². The number of hydrogen-bond acceptors (Lipinski definition) is 4. The Morgan fingerprint density at radius 3 is 2.52 bits per heavy atom. The summed E-state index contributed by atoms with van der Waals surface area (Å²) >= 11 is 3.42. The molecule has 5 heteroatoms. The third kappa shape index (κ3) is 3.75. The van der Waals surface area contributed by atoms with E-state index in [0.29, 0.717) is 22.8 Å². The monoisotopic (exact) mass is 346 g/mol. The van der Waals surface area contributed by atoms with E-state index >= 15 is 0 Å². The Kier molecular flexibility index (Phi) is 4.84. The van der Waals surface area contributed by atoms with Crippen molar-refractivity contribution in [3.8, 4) is 23.3 Å². The van der Waals surface area contributed by atoms with Gasteiger partial charge >= 0.3 is 0 Å². The van der Waals surface area contributed by atoms with Crippen LogP contribution in [0.15, 0.2) is 40.9 Å². The molecule has 0 aliphatic rings. The molecule has 0 radical (unpaired) electrons. The highest BCUT2D eigenvalue weighted by molar-refractivity contribution is 9.10. The molecule has 0 amide bonds. The van der Waals surface area contributed by atoms with E-state index in [1.54, 1.807) is 25.3 Å². The number of nitrogens with zero attached hydrogens (tertiary/aromatic N) is 1. The van der Waals surface area contributed by atoms with Crippen molar-refractivity contribution >= 4 is 15.9 Å². The summed E-state index contributed by atoms with van der Waals surface area (Å²) in [7, 11) is 1.55. The van der Waals surface area contributed by atoms with Gasteiger partial charge in [0.1, 0.15) is 17.2 Å². The molecule has 4 nitrogen and oxygen atoms in total. The van der Waals surface area contributed by atoms with Crippen molar-refractivity contribution in [1.29, 1.82) is 5.26 Å². The topological polar surface area (TPSA) is 68.3 Å². The van der Waals surface area contributed by atoms with Crippen LogP contribution in [-0.4, -0.2) is 7.11 Å². The van der Waals surface area contributed by atoms with Crippen molar-refractivity contribution in [3.05, 3.63) is 52.0 Å². The third-order valence-corrected chi connectivity index (χ3v) is 3.43. The summed E-state index contributed by atoms with van der Waals surface area (Å²) in [5.41, 5.74) is 7.32. The number of benzene rings is 2. The van der Waals surface area contributed by atoms with Crippen LogP contribution in [0.1, 0.15) is 24.1 Å². The van der Waals surface area contributed by atoms with E-state index in [9.17, 15) is 0 Å². The van der Waals surface area contributed by atoms with Gasteiger partial charge in [0.2, 0.25) is 0 Å². The fraction of sp³-hybridized carbons (Fsp3) is 0.188. The molecule has 0 heterocycles. The molecule has 2 N–H and O–H groups in total. The van der Waals surface area contributed by atoms with Gasteiger partial charge in [-0.1, -0.05) is 22.0 Å². The van der Waals surface area contributed by atoms with Gasteiger partial charge in [-0.3, -0.25) is 0 Å². The van der Waals surface area contributed by atoms with E-state index in [4.69, 9.17) is 20.5 Å². The SMILES string of the molecule is COc1cc(C#N)cc(Oc2cc(Br)ccc2C(C)N)c1. The van der Waals surface area contributed by atoms with Gasteiger partial charge < -0.3 is 15.2 Å². The van der Waals surface area contributed by atoms with Gasteiger partial charge in [-0.15, -0.1) is 0 Å². The van der Waals surface area contributed by atoms with Gasteiger partial charge in [-0.25, -0.2) is 0 Å². The van der Waals surface area contributed by atoms with Gasteiger partial charge in [0.15, 0.2) is 0 Å². The van der Waals surface area contributed by atoms with Gasteiger partial charge in [0.25, 0.3) is 0 Å². The molecule has 21 heavy (non-hydrogen) atoms. The average molecular weight is 347 g/mol. The summed E-state index contributed by atoms with van der Waals surface area (Å²) in [5, 5.41) is 9.05. The number of methoxy groups -OCH3 is 1. The first kappa shape index (κ1) is 15.4. The molecule has 0 spiro atoms. The van der Waals surface area contributed by atoms with Gasteiger partial charge in [-0.05, 0) is 31.2 Å². The Hall–Kier alpha value is -2.03. The first-order valence-electron chi connectivity index (χ1n) is 6.35. The molecule has 1 unspecified atom stereocenters. The fourth-order valence-corrected chi connectivity index (χ4v) is 2.25. The molecule has 108 valence electrons. The van der Waals surface area contributed by atoms with Crippen molar-refractivity contribution in [2.75, 3.05) is 7.11 Å². The maximum Gasteiger partial charge on any atom is 0.133 e. The Morgan fingerprint density at radius 2 is 1.90 bits per heavy atom. The second-order valence-corrected chi connectivity index (χ2v) is 5.50. The average Bonchev–Trinajstić information content (AvgIpc) is 2.46. The minimum atomic E-state index is -0.158. The molecule has 0 aliphatic heterocycles. The van der Waals surface area contributed by atoms with E-state index in [0.717, 1.165) is 10.0 Å². The Labute approximate surface area is 132 Å². The zero-order chi connectivity index (χ0) is 15.4. The third-order valence-electron chi connectivity index (χ3n) is 2.94. The van der Waals surface area contributed by atoms with Crippen LogP contribution in [0.2, 0.25) is 0 Å². The van der Waals surface area contributed by atoms with Gasteiger partial charge in [0.05, 0.1) is 18.7 Å². The van der Waals surface area contributed by atoms with Crippen LogP contribution in [-0.2, 0) is 0 Å². The normalized spacial score (nSPS) is 11.6. The van der Waals surface area contributed by atoms with Crippen molar-refractivity contribution in [1.82, 2.24) is 0 Å². The highest BCUT2D eigenvalue weighted by Crippen LogP contribution is 2.33. The van der Waals surface area contributed by atoms with Crippen molar-refractivity contribution < 1.29 is 9.47 Å². The minimum absolute atomic E-state index is 0.158. The van der Waals surface area contributed by atoms with E-state index in [2.05, 4.69) is 22.0 Å². The minimum Gasteiger partial charge on any atom is -0.497 e. The smallest absolute Gasteiger partial charge is 0.133 e. The summed E-state index contributed by atoms with van der Waals surface area (Å²) in [4.78, 5) is 0. The van der Waals surface area contributed by atoms with Gasteiger partial charge in [-0.2, -0.15) is 5.26 Å². The molecular weight excluding hydrogens is 332 g/mol. The Morgan fingerprint density at radius 1 is 1.19 bits per heavy atom. The molecular formula is C16H15BrN2O2. The molecule has 0 saturated carbocycles. The molecule has 2 rings (SSSR count). The standard InChI is InChI=1S/C16H15BrN2O2/c1-10(19)15-4-3-12(17)7-16(15)21-14-6-11(9-18)5-13(8-14)20-2/h3-8,10H,19H2,1-2H3. The number of halogens is 1. The Bertz CT molecular complexity index is 693.